The number of sulfone groups is 1. The third kappa shape index (κ3) is 2.66. The van der Waals surface area contributed by atoms with Crippen molar-refractivity contribution in [2.45, 2.75) is 4.90 Å². The summed E-state index contributed by atoms with van der Waals surface area (Å²) in [5, 5.41) is 8.48. The summed E-state index contributed by atoms with van der Waals surface area (Å²) in [6.07, 6.45) is 1.12. The van der Waals surface area contributed by atoms with Crippen molar-refractivity contribution in [2.75, 3.05) is 6.26 Å². The van der Waals surface area contributed by atoms with Gasteiger partial charge in [-0.05, 0) is 12.1 Å². The molecule has 1 amide bonds. The van der Waals surface area contributed by atoms with Crippen LogP contribution in [0.5, 0.6) is 0 Å². The molecule has 0 unspecified atom stereocenters. The summed E-state index contributed by atoms with van der Waals surface area (Å²) >= 11 is 0. The lowest BCUT2D eigenvalue weighted by Crippen LogP contribution is -2.16. The molecule has 3 rings (SSSR count). The third-order valence-electron chi connectivity index (χ3n) is 3.46. The van der Waals surface area contributed by atoms with Gasteiger partial charge in [0.05, 0.1) is 10.4 Å². The van der Waals surface area contributed by atoms with Gasteiger partial charge in [0.2, 0.25) is 0 Å². The van der Waals surface area contributed by atoms with Gasteiger partial charge in [-0.15, -0.1) is 10.2 Å². The van der Waals surface area contributed by atoms with Crippen molar-refractivity contribution >= 4 is 26.6 Å². The molecule has 1 heterocycles. The van der Waals surface area contributed by atoms with E-state index in [4.69, 9.17) is 5.73 Å². The van der Waals surface area contributed by atoms with Gasteiger partial charge in [0.25, 0.3) is 5.91 Å². The smallest absolute Gasteiger partial charge is 0.269 e. The van der Waals surface area contributed by atoms with Crippen LogP contribution in [0.2, 0.25) is 0 Å². The average Bonchev–Trinajstić information content (AvgIpc) is 2.52. The number of hydrogen-bond acceptors (Lipinski definition) is 5. The summed E-state index contributed by atoms with van der Waals surface area (Å²) in [5.74, 6) is -0.762. The maximum atomic E-state index is 12.1. The minimum Gasteiger partial charge on any atom is -0.364 e. The zero-order valence-electron chi connectivity index (χ0n) is 12.2. The van der Waals surface area contributed by atoms with E-state index in [0.717, 1.165) is 6.26 Å². The largest absolute Gasteiger partial charge is 0.364 e. The van der Waals surface area contributed by atoms with Gasteiger partial charge in [-0.1, -0.05) is 36.4 Å². The molecule has 0 aliphatic carbocycles. The van der Waals surface area contributed by atoms with Gasteiger partial charge in [0, 0.05) is 22.8 Å². The lowest BCUT2D eigenvalue weighted by molar-refractivity contribution is 0.0995. The zero-order valence-corrected chi connectivity index (χ0v) is 13.0. The van der Waals surface area contributed by atoms with Crippen molar-refractivity contribution in [1.29, 1.82) is 0 Å². The number of hydrogen-bond donors (Lipinski definition) is 1. The van der Waals surface area contributed by atoms with Gasteiger partial charge in [0.1, 0.15) is 0 Å². The van der Waals surface area contributed by atoms with Crippen molar-refractivity contribution in [1.82, 2.24) is 10.2 Å². The molecule has 23 heavy (non-hydrogen) atoms. The van der Waals surface area contributed by atoms with Crippen molar-refractivity contribution in [3.63, 3.8) is 0 Å². The number of nitrogens with zero attached hydrogens (tertiary/aromatic N) is 2. The Kier molecular flexibility index (Phi) is 3.57. The van der Waals surface area contributed by atoms with Crippen LogP contribution < -0.4 is 5.73 Å². The molecule has 0 aliphatic heterocycles. The van der Waals surface area contributed by atoms with E-state index in [9.17, 15) is 13.2 Å². The van der Waals surface area contributed by atoms with Gasteiger partial charge in [-0.2, -0.15) is 0 Å². The molecule has 2 N–H and O–H groups in total. The number of fused-ring (bicyclic) bond motifs is 1. The molecule has 3 aromatic rings. The monoisotopic (exact) mass is 327 g/mol. The lowest BCUT2D eigenvalue weighted by Gasteiger charge is -2.12. The van der Waals surface area contributed by atoms with E-state index in [1.54, 1.807) is 42.5 Å². The second-order valence-electron chi connectivity index (χ2n) is 5.07. The summed E-state index contributed by atoms with van der Waals surface area (Å²) in [6, 6.07) is 13.5. The first-order chi connectivity index (χ1) is 10.9. The molecule has 0 spiro atoms. The predicted molar refractivity (Wildman–Crippen MR) is 86.6 cm³/mol. The molecule has 0 saturated carbocycles. The summed E-state index contributed by atoms with van der Waals surface area (Å²) in [6.45, 7) is 0. The Hall–Kier alpha value is -2.80. The van der Waals surface area contributed by atoms with Crippen LogP contribution in [-0.4, -0.2) is 30.8 Å². The van der Waals surface area contributed by atoms with Crippen molar-refractivity contribution < 1.29 is 13.2 Å². The van der Waals surface area contributed by atoms with Crippen LogP contribution in [0.3, 0.4) is 0 Å². The van der Waals surface area contributed by atoms with E-state index in [1.807, 2.05) is 0 Å². The number of carbonyl (C=O) groups excluding carboxylic acids is 1. The minimum atomic E-state index is -3.49. The van der Waals surface area contributed by atoms with Crippen molar-refractivity contribution in [3.05, 3.63) is 54.2 Å². The van der Waals surface area contributed by atoms with Crippen LogP contribution in [-0.2, 0) is 9.84 Å². The Morgan fingerprint density at radius 3 is 2.35 bits per heavy atom. The minimum absolute atomic E-state index is 0.0557. The van der Waals surface area contributed by atoms with Crippen LogP contribution >= 0.6 is 0 Å². The van der Waals surface area contributed by atoms with Crippen molar-refractivity contribution in [2.24, 2.45) is 5.73 Å². The molecule has 7 heteroatoms. The first kappa shape index (κ1) is 15.1. The molecule has 0 fully saturated rings. The fraction of sp³-hybridized carbons (Fsp3) is 0.0625. The van der Waals surface area contributed by atoms with Crippen LogP contribution in [0.4, 0.5) is 0 Å². The molecule has 0 radical (unpaired) electrons. The average molecular weight is 327 g/mol. The van der Waals surface area contributed by atoms with E-state index in [1.165, 1.54) is 6.07 Å². The fourth-order valence-corrected chi connectivity index (χ4v) is 3.39. The number of carbonyl (C=O) groups is 1. The quantitative estimate of drug-likeness (QED) is 0.790. The number of primary amides is 1. The second-order valence-corrected chi connectivity index (χ2v) is 7.06. The van der Waals surface area contributed by atoms with Crippen LogP contribution in [0, 0.1) is 0 Å². The molecular weight excluding hydrogens is 314 g/mol. The number of nitrogens with two attached hydrogens (primary N) is 1. The van der Waals surface area contributed by atoms with Crippen LogP contribution in [0.25, 0.3) is 22.0 Å². The highest BCUT2D eigenvalue weighted by atomic mass is 32.2. The molecule has 1 aromatic heterocycles. The van der Waals surface area contributed by atoms with Crippen molar-refractivity contribution in [3.8, 4) is 11.1 Å². The lowest BCUT2D eigenvalue weighted by atomic mass is 9.99. The summed E-state index contributed by atoms with van der Waals surface area (Å²) in [7, 11) is -3.49. The fourth-order valence-electron chi connectivity index (χ4n) is 2.50. The van der Waals surface area contributed by atoms with Crippen LogP contribution in [0.1, 0.15) is 10.5 Å². The first-order valence-corrected chi connectivity index (χ1v) is 8.63. The Balaban J connectivity index is 2.50. The predicted octanol–water partition coefficient (Wildman–Crippen LogP) is 1.80. The number of aromatic nitrogens is 2. The molecule has 0 aliphatic rings. The Labute approximate surface area is 132 Å². The Morgan fingerprint density at radius 1 is 1.00 bits per heavy atom. The summed E-state index contributed by atoms with van der Waals surface area (Å²) < 4.78 is 24.2. The maximum absolute atomic E-state index is 12.1. The highest BCUT2D eigenvalue weighted by molar-refractivity contribution is 7.90. The molecule has 116 valence electrons. The second kappa shape index (κ2) is 5.44. The van der Waals surface area contributed by atoms with Gasteiger partial charge in [-0.3, -0.25) is 4.79 Å². The third-order valence-corrected chi connectivity index (χ3v) is 4.61. The highest BCUT2D eigenvalue weighted by Crippen LogP contribution is 2.34. The van der Waals surface area contributed by atoms with E-state index in [-0.39, 0.29) is 10.6 Å². The molecule has 0 saturated heterocycles. The van der Waals surface area contributed by atoms with Gasteiger partial charge in [0.15, 0.2) is 15.5 Å². The number of amides is 1. The molecular formula is C16H13N3O3S. The zero-order chi connectivity index (χ0) is 16.6. The van der Waals surface area contributed by atoms with E-state index < -0.39 is 15.7 Å². The van der Waals surface area contributed by atoms with Gasteiger partial charge in [-0.25, -0.2) is 8.42 Å². The van der Waals surface area contributed by atoms with Gasteiger partial charge >= 0.3 is 0 Å². The number of rotatable bonds is 3. The van der Waals surface area contributed by atoms with E-state index in [0.29, 0.717) is 22.0 Å². The Morgan fingerprint density at radius 2 is 1.65 bits per heavy atom. The highest BCUT2D eigenvalue weighted by Gasteiger charge is 2.22. The van der Waals surface area contributed by atoms with E-state index in [2.05, 4.69) is 10.2 Å². The molecule has 2 aromatic carbocycles. The summed E-state index contributed by atoms with van der Waals surface area (Å²) in [5.41, 5.74) is 6.67. The summed E-state index contributed by atoms with van der Waals surface area (Å²) in [4.78, 5) is 11.9. The van der Waals surface area contributed by atoms with Crippen LogP contribution in [0.15, 0.2) is 53.4 Å². The Bertz CT molecular complexity index is 1030. The van der Waals surface area contributed by atoms with Gasteiger partial charge < -0.3 is 5.73 Å². The molecule has 0 atom stereocenters. The first-order valence-electron chi connectivity index (χ1n) is 6.74. The maximum Gasteiger partial charge on any atom is 0.269 e. The standard InChI is InChI=1S/C16H13N3O3S/c1-23(21,22)13-9-5-3-7-11(13)14-10-6-2-4-8-12(10)18-19-15(14)16(17)20/h2-9H,1H3,(H2,17,20). The topological polar surface area (TPSA) is 103 Å². The molecule has 6 nitrogen and oxygen atoms in total. The van der Waals surface area contributed by atoms with E-state index >= 15 is 0 Å². The SMILES string of the molecule is CS(=O)(=O)c1ccccc1-c1c(C(N)=O)nnc2ccccc12. The number of benzene rings is 2. The molecule has 0 bridgehead atoms. The normalized spacial score (nSPS) is 11.5.